The van der Waals surface area contributed by atoms with Gasteiger partial charge in [0.05, 0.1) is 0 Å². The zero-order chi connectivity index (χ0) is 16.1. The molecular weight excluding hydrogens is 284 g/mol. The van der Waals surface area contributed by atoms with Crippen molar-refractivity contribution in [2.75, 3.05) is 19.6 Å². The molecule has 0 unspecified atom stereocenters. The Hall–Kier alpha value is -2.37. The maximum absolute atomic E-state index is 12.3. The number of carboxylic acid groups (broad SMARTS) is 1. The number of carboxylic acids is 1. The monoisotopic (exact) mass is 304 g/mol. The highest BCUT2D eigenvalue weighted by molar-refractivity contribution is 6.35. The van der Waals surface area contributed by atoms with Crippen molar-refractivity contribution < 1.29 is 19.5 Å². The number of benzene rings is 1. The van der Waals surface area contributed by atoms with Gasteiger partial charge in [-0.15, -0.1) is 0 Å². The van der Waals surface area contributed by atoms with Crippen molar-refractivity contribution in [3.05, 3.63) is 35.9 Å². The van der Waals surface area contributed by atoms with E-state index in [4.69, 9.17) is 0 Å². The predicted octanol–water partition coefficient (Wildman–Crippen LogP) is 1.28. The van der Waals surface area contributed by atoms with Gasteiger partial charge in [0.1, 0.15) is 0 Å². The lowest BCUT2D eigenvalue weighted by atomic mass is 10.0. The van der Waals surface area contributed by atoms with Crippen molar-refractivity contribution >= 4 is 17.8 Å². The number of nitrogens with zero attached hydrogens (tertiary/aromatic N) is 2. The average Bonchev–Trinajstić information content (AvgIpc) is 2.52. The van der Waals surface area contributed by atoms with E-state index in [0.29, 0.717) is 18.7 Å². The molecule has 1 aliphatic heterocycles. The highest BCUT2D eigenvalue weighted by atomic mass is 16.4. The summed E-state index contributed by atoms with van der Waals surface area (Å²) in [7, 11) is 0. The molecule has 6 nitrogen and oxygen atoms in total. The lowest BCUT2D eigenvalue weighted by molar-refractivity contribution is -0.162. The third kappa shape index (κ3) is 3.27. The molecule has 2 rings (SSSR count). The van der Waals surface area contributed by atoms with Crippen LogP contribution >= 0.6 is 0 Å². The van der Waals surface area contributed by atoms with E-state index >= 15 is 0 Å². The van der Waals surface area contributed by atoms with E-state index in [0.717, 1.165) is 17.7 Å². The van der Waals surface area contributed by atoms with Crippen LogP contribution in [0.4, 0.5) is 0 Å². The minimum absolute atomic E-state index is 0.236. The van der Waals surface area contributed by atoms with Gasteiger partial charge in [0.25, 0.3) is 0 Å². The molecule has 0 aromatic heterocycles. The maximum atomic E-state index is 12.3. The van der Waals surface area contributed by atoms with Gasteiger partial charge in [-0.3, -0.25) is 9.59 Å². The number of unbranched alkanes of at least 4 members (excludes halogenated alkanes) is 1. The molecule has 0 bridgehead atoms. The number of piperazine rings is 1. The van der Waals surface area contributed by atoms with Gasteiger partial charge in [-0.1, -0.05) is 43.7 Å². The Morgan fingerprint density at radius 3 is 2.45 bits per heavy atom. The number of carbonyl (C=O) groups is 3. The number of aliphatic carboxylic acids is 1. The van der Waals surface area contributed by atoms with Crippen LogP contribution in [0.15, 0.2) is 30.3 Å². The molecule has 22 heavy (non-hydrogen) atoms. The number of amides is 2. The van der Waals surface area contributed by atoms with Crippen LogP contribution in [0.5, 0.6) is 0 Å². The molecule has 1 aliphatic rings. The second kappa shape index (κ2) is 7.06. The Balaban J connectivity index is 2.19. The summed E-state index contributed by atoms with van der Waals surface area (Å²) in [6.45, 7) is 3.16. The molecule has 0 radical (unpaired) electrons. The van der Waals surface area contributed by atoms with Crippen LogP contribution in [-0.4, -0.2) is 52.3 Å². The van der Waals surface area contributed by atoms with Crippen LogP contribution in [0.25, 0.3) is 0 Å². The fraction of sp³-hybridized carbons (Fsp3) is 0.438. The van der Waals surface area contributed by atoms with Gasteiger partial charge in [0.15, 0.2) is 6.04 Å². The van der Waals surface area contributed by atoms with Gasteiger partial charge in [-0.25, -0.2) is 4.79 Å². The van der Waals surface area contributed by atoms with Crippen LogP contribution in [0, 0.1) is 0 Å². The van der Waals surface area contributed by atoms with E-state index in [-0.39, 0.29) is 6.54 Å². The first-order chi connectivity index (χ1) is 10.6. The van der Waals surface area contributed by atoms with Crippen molar-refractivity contribution in [2.24, 2.45) is 0 Å². The topological polar surface area (TPSA) is 77.9 Å². The summed E-state index contributed by atoms with van der Waals surface area (Å²) in [5, 5.41) is 9.47. The quantitative estimate of drug-likeness (QED) is 0.803. The van der Waals surface area contributed by atoms with E-state index in [1.54, 1.807) is 30.3 Å². The molecule has 6 heteroatoms. The molecule has 1 atom stereocenters. The Kier molecular flexibility index (Phi) is 5.14. The highest BCUT2D eigenvalue weighted by Crippen LogP contribution is 2.23. The zero-order valence-electron chi connectivity index (χ0n) is 12.6. The Morgan fingerprint density at radius 1 is 1.18 bits per heavy atom. The second-order valence-corrected chi connectivity index (χ2v) is 5.30. The van der Waals surface area contributed by atoms with Crippen molar-refractivity contribution in [2.45, 2.75) is 25.8 Å². The fourth-order valence-corrected chi connectivity index (χ4v) is 2.59. The number of rotatable bonds is 6. The Morgan fingerprint density at radius 2 is 1.86 bits per heavy atom. The third-order valence-corrected chi connectivity index (χ3v) is 3.78. The van der Waals surface area contributed by atoms with E-state index in [2.05, 4.69) is 0 Å². The van der Waals surface area contributed by atoms with Gasteiger partial charge in [-0.2, -0.15) is 0 Å². The molecule has 1 N–H and O–H groups in total. The average molecular weight is 304 g/mol. The molecule has 0 aliphatic carbocycles. The summed E-state index contributed by atoms with van der Waals surface area (Å²) in [5.41, 5.74) is 0.498. The molecule has 1 saturated heterocycles. The van der Waals surface area contributed by atoms with Gasteiger partial charge in [0.2, 0.25) is 0 Å². The second-order valence-electron chi connectivity index (χ2n) is 5.30. The van der Waals surface area contributed by atoms with Gasteiger partial charge in [-0.05, 0) is 12.0 Å². The SMILES string of the molecule is CCCCN1CCN([C@H](C(=O)O)c2ccccc2)C(=O)C1=O. The molecular formula is C16H20N2O4. The van der Waals surface area contributed by atoms with Gasteiger partial charge in [0, 0.05) is 19.6 Å². The van der Waals surface area contributed by atoms with Gasteiger partial charge < -0.3 is 14.9 Å². The number of hydrogen-bond donors (Lipinski definition) is 1. The molecule has 1 fully saturated rings. The molecule has 1 aromatic rings. The predicted molar refractivity (Wildman–Crippen MR) is 80.0 cm³/mol. The summed E-state index contributed by atoms with van der Waals surface area (Å²) in [5.74, 6) is -2.48. The van der Waals surface area contributed by atoms with Crippen LogP contribution in [-0.2, 0) is 14.4 Å². The minimum atomic E-state index is -1.13. The van der Waals surface area contributed by atoms with Crippen LogP contribution < -0.4 is 0 Å². The van der Waals surface area contributed by atoms with Gasteiger partial charge >= 0.3 is 17.8 Å². The Labute approximate surface area is 129 Å². The standard InChI is InChI=1S/C16H20N2O4/c1-2-3-9-17-10-11-18(15(20)14(17)19)13(16(21)22)12-7-5-4-6-8-12/h4-8,13H,2-3,9-11H2,1H3,(H,21,22)/t13-/m0/s1. The van der Waals surface area contributed by atoms with Crippen LogP contribution in [0.1, 0.15) is 31.4 Å². The molecule has 118 valence electrons. The largest absolute Gasteiger partial charge is 0.479 e. The highest BCUT2D eigenvalue weighted by Gasteiger charge is 2.39. The zero-order valence-corrected chi connectivity index (χ0v) is 12.6. The summed E-state index contributed by atoms with van der Waals surface area (Å²) in [6.07, 6.45) is 1.77. The first-order valence-corrected chi connectivity index (χ1v) is 7.44. The van der Waals surface area contributed by atoms with Crippen LogP contribution in [0.3, 0.4) is 0 Å². The summed E-state index contributed by atoms with van der Waals surface area (Å²) < 4.78 is 0. The molecule has 1 heterocycles. The number of hydrogen-bond acceptors (Lipinski definition) is 3. The maximum Gasteiger partial charge on any atom is 0.331 e. The fourth-order valence-electron chi connectivity index (χ4n) is 2.59. The van der Waals surface area contributed by atoms with E-state index in [9.17, 15) is 19.5 Å². The normalized spacial score (nSPS) is 16.8. The first-order valence-electron chi connectivity index (χ1n) is 7.44. The van der Waals surface area contributed by atoms with E-state index < -0.39 is 23.8 Å². The lowest BCUT2D eigenvalue weighted by Crippen LogP contribution is -2.56. The Bertz CT molecular complexity index is 559. The van der Waals surface area contributed by atoms with Crippen molar-refractivity contribution in [1.82, 2.24) is 9.80 Å². The van der Waals surface area contributed by atoms with E-state index in [1.807, 2.05) is 6.92 Å². The molecule has 0 saturated carbocycles. The van der Waals surface area contributed by atoms with E-state index in [1.165, 1.54) is 4.90 Å². The third-order valence-electron chi connectivity index (χ3n) is 3.78. The summed E-state index contributed by atoms with van der Waals surface area (Å²) in [4.78, 5) is 38.7. The summed E-state index contributed by atoms with van der Waals surface area (Å²) >= 11 is 0. The first kappa shape index (κ1) is 16.0. The molecule has 2 amide bonds. The van der Waals surface area contributed by atoms with Crippen molar-refractivity contribution in [3.8, 4) is 0 Å². The number of carbonyl (C=O) groups excluding carboxylic acids is 2. The smallest absolute Gasteiger partial charge is 0.331 e. The van der Waals surface area contributed by atoms with Crippen molar-refractivity contribution in [1.29, 1.82) is 0 Å². The molecule has 1 aromatic carbocycles. The lowest BCUT2D eigenvalue weighted by Gasteiger charge is -2.36. The molecule has 0 spiro atoms. The van der Waals surface area contributed by atoms with Crippen LogP contribution in [0.2, 0.25) is 0 Å². The summed E-state index contributed by atoms with van der Waals surface area (Å²) in [6, 6.07) is 7.40. The van der Waals surface area contributed by atoms with Crippen molar-refractivity contribution in [3.63, 3.8) is 0 Å². The minimum Gasteiger partial charge on any atom is -0.479 e.